The molecular formula is C10H10N4O4S2. The van der Waals surface area contributed by atoms with E-state index in [4.69, 9.17) is 5.11 Å². The van der Waals surface area contributed by atoms with Crippen LogP contribution in [0.3, 0.4) is 0 Å². The van der Waals surface area contributed by atoms with Gasteiger partial charge in [-0.3, -0.25) is 4.79 Å². The largest absolute Gasteiger partial charge is 0.480 e. The van der Waals surface area contributed by atoms with E-state index in [2.05, 4.69) is 15.5 Å². The first-order valence-corrected chi connectivity index (χ1v) is 8.03. The molecule has 0 saturated carbocycles. The summed E-state index contributed by atoms with van der Waals surface area (Å²) in [4.78, 5) is 11.3. The van der Waals surface area contributed by atoms with Crippen LogP contribution in [-0.4, -0.2) is 46.0 Å². The fourth-order valence-electron chi connectivity index (χ4n) is 1.44. The van der Waals surface area contributed by atoms with Crippen molar-refractivity contribution in [3.8, 4) is 0 Å². The van der Waals surface area contributed by atoms with E-state index in [9.17, 15) is 13.2 Å². The molecule has 2 aromatic rings. The minimum atomic E-state index is -3.39. The molecule has 0 aliphatic carbocycles. The van der Waals surface area contributed by atoms with E-state index in [-0.39, 0.29) is 10.1 Å². The molecule has 0 unspecified atom stereocenters. The normalized spacial score (nSPS) is 11.4. The van der Waals surface area contributed by atoms with Crippen LogP contribution in [0.1, 0.15) is 0 Å². The van der Waals surface area contributed by atoms with Crippen LogP contribution in [0, 0.1) is 0 Å². The van der Waals surface area contributed by atoms with Crippen molar-refractivity contribution >= 4 is 27.6 Å². The summed E-state index contributed by atoms with van der Waals surface area (Å²) in [6, 6.07) is 6.38. The zero-order chi connectivity index (χ0) is 14.8. The van der Waals surface area contributed by atoms with Crippen LogP contribution in [0.4, 0.5) is 0 Å². The lowest BCUT2D eigenvalue weighted by Gasteiger charge is -2.06. The van der Waals surface area contributed by atoms with Crippen molar-refractivity contribution in [1.82, 2.24) is 20.2 Å². The number of aromatic nitrogens is 4. The van der Waals surface area contributed by atoms with Gasteiger partial charge in [0.1, 0.15) is 6.54 Å². The lowest BCUT2D eigenvalue weighted by molar-refractivity contribution is -0.138. The molecule has 0 radical (unpaired) electrons. The van der Waals surface area contributed by atoms with Gasteiger partial charge in [-0.25, -0.2) is 13.1 Å². The second kappa shape index (κ2) is 5.59. The first-order chi connectivity index (χ1) is 9.38. The summed E-state index contributed by atoms with van der Waals surface area (Å²) >= 11 is 1.00. The number of hydrogen-bond acceptors (Lipinski definition) is 7. The number of rotatable bonds is 5. The Balaban J connectivity index is 2.37. The molecular weight excluding hydrogens is 304 g/mol. The molecule has 106 valence electrons. The molecule has 0 atom stereocenters. The van der Waals surface area contributed by atoms with Gasteiger partial charge in [-0.05, 0) is 34.3 Å². The second-order valence-electron chi connectivity index (χ2n) is 3.83. The van der Waals surface area contributed by atoms with Crippen molar-refractivity contribution in [1.29, 1.82) is 0 Å². The molecule has 0 spiro atoms. The molecule has 0 aliphatic rings. The predicted octanol–water partition coefficient (Wildman–Crippen LogP) is 0.312. The number of benzene rings is 1. The third-order valence-corrected chi connectivity index (χ3v) is 4.57. The third kappa shape index (κ3) is 3.33. The quantitative estimate of drug-likeness (QED) is 0.838. The van der Waals surface area contributed by atoms with Crippen LogP contribution in [0.5, 0.6) is 0 Å². The number of carbonyl (C=O) groups is 1. The van der Waals surface area contributed by atoms with Gasteiger partial charge >= 0.3 is 5.97 Å². The second-order valence-corrected chi connectivity index (χ2v) is 6.83. The van der Waals surface area contributed by atoms with Crippen LogP contribution < -0.4 is 0 Å². The number of aliphatic carboxylic acids is 1. The molecule has 2 rings (SSSR count). The Hall–Kier alpha value is -1.94. The summed E-state index contributed by atoms with van der Waals surface area (Å²) in [6.45, 7) is -0.392. The van der Waals surface area contributed by atoms with E-state index in [1.54, 1.807) is 18.2 Å². The summed E-state index contributed by atoms with van der Waals surface area (Å²) in [5.41, 5.74) is 0. The van der Waals surface area contributed by atoms with Crippen LogP contribution in [-0.2, 0) is 21.2 Å². The molecule has 8 nitrogen and oxygen atoms in total. The summed E-state index contributed by atoms with van der Waals surface area (Å²) < 4.78 is 24.4. The molecule has 0 saturated heterocycles. The Bertz CT molecular complexity index is 741. The van der Waals surface area contributed by atoms with E-state index in [1.807, 2.05) is 0 Å². The van der Waals surface area contributed by atoms with E-state index in [1.165, 1.54) is 6.07 Å². The van der Waals surface area contributed by atoms with E-state index < -0.39 is 22.4 Å². The summed E-state index contributed by atoms with van der Waals surface area (Å²) in [5, 5.41) is 19.6. The van der Waals surface area contributed by atoms with Gasteiger partial charge < -0.3 is 5.11 Å². The smallest absolute Gasteiger partial charge is 0.325 e. The first kappa shape index (κ1) is 14.5. The van der Waals surface area contributed by atoms with Gasteiger partial charge in [-0.15, -0.1) is 5.10 Å². The van der Waals surface area contributed by atoms with Gasteiger partial charge in [-0.1, -0.05) is 12.1 Å². The molecule has 1 aromatic carbocycles. The number of carboxylic acid groups (broad SMARTS) is 1. The number of nitrogens with zero attached hydrogens (tertiary/aromatic N) is 4. The first-order valence-electron chi connectivity index (χ1n) is 5.33. The highest BCUT2D eigenvalue weighted by Gasteiger charge is 2.17. The molecule has 0 bridgehead atoms. The molecule has 1 N–H and O–H groups in total. The van der Waals surface area contributed by atoms with Gasteiger partial charge in [0.15, 0.2) is 9.84 Å². The number of hydrogen-bond donors (Lipinski definition) is 1. The van der Waals surface area contributed by atoms with Crippen molar-refractivity contribution in [2.45, 2.75) is 21.5 Å². The van der Waals surface area contributed by atoms with Gasteiger partial charge in [0.2, 0.25) is 5.16 Å². The van der Waals surface area contributed by atoms with Gasteiger partial charge in [0, 0.05) is 11.2 Å². The summed E-state index contributed by atoms with van der Waals surface area (Å²) in [5.74, 6) is -1.09. The number of sulfone groups is 1. The highest BCUT2D eigenvalue weighted by atomic mass is 32.2. The zero-order valence-corrected chi connectivity index (χ0v) is 11.9. The van der Waals surface area contributed by atoms with Crippen LogP contribution >= 0.6 is 11.8 Å². The Labute approximate surface area is 118 Å². The van der Waals surface area contributed by atoms with Gasteiger partial charge in [0.25, 0.3) is 0 Å². The molecule has 1 heterocycles. The maximum Gasteiger partial charge on any atom is 0.325 e. The van der Waals surface area contributed by atoms with E-state index in [0.29, 0.717) is 4.90 Å². The number of tetrazole rings is 1. The fraction of sp³-hybridized carbons (Fsp3) is 0.200. The Kier molecular flexibility index (Phi) is 4.04. The standard InChI is InChI=1S/C10H10N4O4S2/c1-20(17,18)8-5-3-2-4-7(8)19-10-11-12-13-14(10)6-9(15)16/h2-5H,6H2,1H3,(H,15,16). The molecule has 20 heavy (non-hydrogen) atoms. The Morgan fingerprint density at radius 1 is 1.40 bits per heavy atom. The van der Waals surface area contributed by atoms with Crippen LogP contribution in [0.15, 0.2) is 39.2 Å². The molecule has 1 aromatic heterocycles. The maximum absolute atomic E-state index is 11.7. The van der Waals surface area contributed by atoms with Crippen molar-refractivity contribution in [2.75, 3.05) is 6.26 Å². The van der Waals surface area contributed by atoms with E-state index >= 15 is 0 Å². The van der Waals surface area contributed by atoms with Gasteiger partial charge in [-0.2, -0.15) is 0 Å². The minimum Gasteiger partial charge on any atom is -0.480 e. The van der Waals surface area contributed by atoms with Crippen LogP contribution in [0.25, 0.3) is 0 Å². The molecule has 10 heteroatoms. The van der Waals surface area contributed by atoms with Crippen molar-refractivity contribution in [3.63, 3.8) is 0 Å². The highest BCUT2D eigenvalue weighted by molar-refractivity contribution is 8.00. The average Bonchev–Trinajstić information content (AvgIpc) is 2.75. The van der Waals surface area contributed by atoms with Gasteiger partial charge in [0.05, 0.1) is 4.90 Å². The summed E-state index contributed by atoms with van der Waals surface area (Å²) in [7, 11) is -3.39. The van der Waals surface area contributed by atoms with Crippen molar-refractivity contribution in [3.05, 3.63) is 24.3 Å². The molecule has 0 fully saturated rings. The van der Waals surface area contributed by atoms with Crippen molar-refractivity contribution in [2.24, 2.45) is 0 Å². The fourth-order valence-corrected chi connectivity index (χ4v) is 3.57. The topological polar surface area (TPSA) is 115 Å². The van der Waals surface area contributed by atoms with E-state index in [0.717, 1.165) is 22.7 Å². The molecule has 0 amide bonds. The lowest BCUT2D eigenvalue weighted by Crippen LogP contribution is -2.11. The average molecular weight is 314 g/mol. The SMILES string of the molecule is CS(=O)(=O)c1ccccc1Sc1nnnn1CC(=O)O. The molecule has 0 aliphatic heterocycles. The number of carboxylic acids is 1. The summed E-state index contributed by atoms with van der Waals surface area (Å²) in [6.07, 6.45) is 1.10. The minimum absolute atomic E-state index is 0.148. The monoisotopic (exact) mass is 314 g/mol. The predicted molar refractivity (Wildman–Crippen MR) is 69.1 cm³/mol. The third-order valence-electron chi connectivity index (χ3n) is 2.23. The Morgan fingerprint density at radius 2 is 2.10 bits per heavy atom. The van der Waals surface area contributed by atoms with Crippen LogP contribution in [0.2, 0.25) is 0 Å². The maximum atomic E-state index is 11.7. The lowest BCUT2D eigenvalue weighted by atomic mass is 10.4. The highest BCUT2D eigenvalue weighted by Crippen LogP contribution is 2.30. The Morgan fingerprint density at radius 3 is 2.75 bits per heavy atom. The zero-order valence-electron chi connectivity index (χ0n) is 10.3. The van der Waals surface area contributed by atoms with Crippen molar-refractivity contribution < 1.29 is 18.3 Å².